The van der Waals surface area contributed by atoms with Crippen molar-refractivity contribution in [3.8, 4) is 0 Å². The Hall–Kier alpha value is -2.28. The van der Waals surface area contributed by atoms with Crippen LogP contribution in [0.1, 0.15) is 35.3 Å². The molecule has 0 aliphatic carbocycles. The highest BCUT2D eigenvalue weighted by atomic mass is 32.1. The average Bonchev–Trinajstić information content (AvgIpc) is 3.27. The number of hydrogen-bond acceptors (Lipinski definition) is 5. The monoisotopic (exact) mass is 342 g/mol. The van der Waals surface area contributed by atoms with Crippen molar-refractivity contribution in [1.82, 2.24) is 19.8 Å². The van der Waals surface area contributed by atoms with E-state index in [-0.39, 0.29) is 23.9 Å². The van der Waals surface area contributed by atoms with Gasteiger partial charge in [-0.1, -0.05) is 0 Å². The number of aromatic nitrogens is 2. The largest absolute Gasteiger partial charge is 0.333 e. The van der Waals surface area contributed by atoms with E-state index in [0.29, 0.717) is 25.2 Å². The number of amides is 2. The fourth-order valence-electron chi connectivity index (χ4n) is 3.76. The third-order valence-electron chi connectivity index (χ3n) is 4.90. The fourth-order valence-corrected chi connectivity index (χ4v) is 4.28. The lowest BCUT2D eigenvalue weighted by Crippen LogP contribution is -2.52. The molecule has 124 valence electrons. The number of carbonyl (C=O) groups excluding carboxylic acids is 2. The third-order valence-corrected chi connectivity index (χ3v) is 5.49. The van der Waals surface area contributed by atoms with Crippen LogP contribution in [-0.2, 0) is 11.3 Å². The Bertz CT molecular complexity index is 734. The van der Waals surface area contributed by atoms with Gasteiger partial charge in [0.2, 0.25) is 5.91 Å². The van der Waals surface area contributed by atoms with Crippen molar-refractivity contribution in [3.05, 3.63) is 46.7 Å². The van der Waals surface area contributed by atoms with E-state index in [4.69, 9.17) is 0 Å². The maximum atomic E-state index is 12.7. The summed E-state index contributed by atoms with van der Waals surface area (Å²) in [6.07, 6.45) is 5.55. The summed E-state index contributed by atoms with van der Waals surface area (Å²) in [6.45, 7) is 1.27. The highest BCUT2D eigenvalue weighted by molar-refractivity contribution is 7.07. The van der Waals surface area contributed by atoms with Crippen LogP contribution in [0.5, 0.6) is 0 Å². The SMILES string of the molecule is O=C1CC[C@H]2[C@H](CCN2C(=O)c2cscn2)N1Cc1ccncc1. The van der Waals surface area contributed by atoms with E-state index in [1.54, 1.807) is 23.3 Å². The van der Waals surface area contributed by atoms with Gasteiger partial charge in [-0.2, -0.15) is 0 Å². The first-order valence-electron chi connectivity index (χ1n) is 8.11. The highest BCUT2D eigenvalue weighted by Gasteiger charge is 2.45. The van der Waals surface area contributed by atoms with Gasteiger partial charge in [0, 0.05) is 37.3 Å². The first kappa shape index (κ1) is 15.3. The molecule has 2 amide bonds. The van der Waals surface area contributed by atoms with Gasteiger partial charge < -0.3 is 9.80 Å². The molecule has 0 radical (unpaired) electrons. The number of likely N-dealkylation sites (tertiary alicyclic amines) is 2. The van der Waals surface area contributed by atoms with Crippen molar-refractivity contribution in [2.45, 2.75) is 37.9 Å². The predicted octanol–water partition coefficient (Wildman–Crippen LogP) is 1.94. The van der Waals surface area contributed by atoms with Gasteiger partial charge in [0.05, 0.1) is 17.6 Å². The molecule has 7 heteroatoms. The summed E-state index contributed by atoms with van der Waals surface area (Å²) in [6, 6.07) is 4.06. The van der Waals surface area contributed by atoms with Crippen molar-refractivity contribution >= 4 is 23.2 Å². The Morgan fingerprint density at radius 2 is 2.08 bits per heavy atom. The van der Waals surface area contributed by atoms with Crippen molar-refractivity contribution in [2.75, 3.05) is 6.54 Å². The Labute approximate surface area is 144 Å². The van der Waals surface area contributed by atoms with Crippen LogP contribution in [0.4, 0.5) is 0 Å². The zero-order valence-electron chi connectivity index (χ0n) is 13.2. The number of pyridine rings is 1. The van der Waals surface area contributed by atoms with Gasteiger partial charge in [-0.25, -0.2) is 4.98 Å². The topological polar surface area (TPSA) is 66.4 Å². The number of piperidine rings is 1. The van der Waals surface area contributed by atoms with Crippen LogP contribution in [0.25, 0.3) is 0 Å². The van der Waals surface area contributed by atoms with Crippen molar-refractivity contribution in [3.63, 3.8) is 0 Å². The molecule has 0 unspecified atom stereocenters. The van der Waals surface area contributed by atoms with Gasteiger partial charge in [-0.05, 0) is 30.5 Å². The quantitative estimate of drug-likeness (QED) is 0.855. The number of rotatable bonds is 3. The molecule has 2 aromatic heterocycles. The maximum Gasteiger partial charge on any atom is 0.273 e. The van der Waals surface area contributed by atoms with Crippen molar-refractivity contribution in [1.29, 1.82) is 0 Å². The maximum absolute atomic E-state index is 12.7. The molecule has 0 spiro atoms. The molecule has 0 saturated carbocycles. The average molecular weight is 342 g/mol. The molecule has 2 aliphatic heterocycles. The number of carbonyl (C=O) groups is 2. The molecule has 2 aliphatic rings. The zero-order valence-corrected chi connectivity index (χ0v) is 14.0. The molecule has 2 saturated heterocycles. The summed E-state index contributed by atoms with van der Waals surface area (Å²) in [4.78, 5) is 37.1. The van der Waals surface area contributed by atoms with E-state index < -0.39 is 0 Å². The second-order valence-corrected chi connectivity index (χ2v) is 6.93. The van der Waals surface area contributed by atoms with Crippen LogP contribution < -0.4 is 0 Å². The lowest BCUT2D eigenvalue weighted by Gasteiger charge is -2.39. The van der Waals surface area contributed by atoms with E-state index in [1.807, 2.05) is 21.9 Å². The van der Waals surface area contributed by atoms with Gasteiger partial charge in [0.1, 0.15) is 5.69 Å². The molecular formula is C17H18N4O2S. The molecule has 4 rings (SSSR count). The minimum atomic E-state index is -0.0121. The second kappa shape index (κ2) is 6.32. The molecule has 2 fully saturated rings. The summed E-state index contributed by atoms with van der Waals surface area (Å²) >= 11 is 1.43. The normalized spacial score (nSPS) is 23.4. The first-order valence-corrected chi connectivity index (χ1v) is 9.06. The lowest BCUT2D eigenvalue weighted by atomic mass is 9.95. The predicted molar refractivity (Wildman–Crippen MR) is 89.4 cm³/mol. The molecule has 0 N–H and O–H groups in total. The van der Waals surface area contributed by atoms with E-state index in [1.165, 1.54) is 11.3 Å². The fraction of sp³-hybridized carbons (Fsp3) is 0.412. The standard InChI is InChI=1S/C17H18N4O2S/c22-16-2-1-14-15(21(16)9-12-3-6-18-7-4-12)5-8-20(14)17(23)13-10-24-11-19-13/h3-4,6-7,10-11,14-15H,1-2,5,8-9H2/t14-,15-/m0/s1. The van der Waals surface area contributed by atoms with E-state index >= 15 is 0 Å². The van der Waals surface area contributed by atoms with Gasteiger partial charge in [-0.15, -0.1) is 11.3 Å². The Kier molecular flexibility index (Phi) is 4.02. The minimum Gasteiger partial charge on any atom is -0.333 e. The zero-order chi connectivity index (χ0) is 16.5. The Balaban J connectivity index is 1.54. The number of thiazole rings is 1. The smallest absolute Gasteiger partial charge is 0.273 e. The summed E-state index contributed by atoms with van der Waals surface area (Å²) in [5.74, 6) is 0.165. The van der Waals surface area contributed by atoms with Gasteiger partial charge >= 0.3 is 0 Å². The number of hydrogen-bond donors (Lipinski definition) is 0. The molecule has 2 aromatic rings. The summed E-state index contributed by atoms with van der Waals surface area (Å²) in [7, 11) is 0. The van der Waals surface area contributed by atoms with Crippen LogP contribution in [-0.4, -0.2) is 50.2 Å². The van der Waals surface area contributed by atoms with E-state index in [9.17, 15) is 9.59 Å². The number of fused-ring (bicyclic) bond motifs is 1. The lowest BCUT2D eigenvalue weighted by molar-refractivity contribution is -0.138. The van der Waals surface area contributed by atoms with E-state index in [0.717, 1.165) is 18.4 Å². The third kappa shape index (κ3) is 2.69. The summed E-state index contributed by atoms with van der Waals surface area (Å²) < 4.78 is 0. The van der Waals surface area contributed by atoms with Crippen molar-refractivity contribution < 1.29 is 9.59 Å². The molecule has 6 nitrogen and oxygen atoms in total. The Morgan fingerprint density at radius 3 is 2.83 bits per heavy atom. The molecule has 0 aromatic carbocycles. The Morgan fingerprint density at radius 1 is 1.25 bits per heavy atom. The minimum absolute atomic E-state index is 0.0121. The van der Waals surface area contributed by atoms with Crippen LogP contribution in [0.2, 0.25) is 0 Å². The molecular weight excluding hydrogens is 324 g/mol. The van der Waals surface area contributed by atoms with Crippen LogP contribution in [0, 0.1) is 0 Å². The van der Waals surface area contributed by atoms with Crippen LogP contribution >= 0.6 is 11.3 Å². The van der Waals surface area contributed by atoms with Gasteiger partial charge in [-0.3, -0.25) is 14.6 Å². The van der Waals surface area contributed by atoms with Crippen LogP contribution in [0.3, 0.4) is 0 Å². The van der Waals surface area contributed by atoms with Crippen LogP contribution in [0.15, 0.2) is 35.4 Å². The molecule has 24 heavy (non-hydrogen) atoms. The number of nitrogens with zero attached hydrogens (tertiary/aromatic N) is 4. The summed E-state index contributed by atoms with van der Waals surface area (Å²) in [5, 5.41) is 1.79. The highest BCUT2D eigenvalue weighted by Crippen LogP contribution is 2.33. The van der Waals surface area contributed by atoms with E-state index in [2.05, 4.69) is 9.97 Å². The molecule has 4 heterocycles. The van der Waals surface area contributed by atoms with Gasteiger partial charge in [0.15, 0.2) is 0 Å². The summed E-state index contributed by atoms with van der Waals surface area (Å²) in [5.41, 5.74) is 3.27. The molecule has 0 bridgehead atoms. The van der Waals surface area contributed by atoms with Crippen molar-refractivity contribution in [2.24, 2.45) is 0 Å². The molecule has 2 atom stereocenters. The second-order valence-electron chi connectivity index (χ2n) is 6.21. The first-order chi connectivity index (χ1) is 11.7. The van der Waals surface area contributed by atoms with Gasteiger partial charge in [0.25, 0.3) is 5.91 Å².